The average Bonchev–Trinajstić information content (AvgIpc) is 2.80. The summed E-state index contributed by atoms with van der Waals surface area (Å²) < 4.78 is 5.33. The van der Waals surface area contributed by atoms with Crippen molar-refractivity contribution in [3.05, 3.63) is 36.7 Å². The van der Waals surface area contributed by atoms with E-state index in [1.807, 2.05) is 45.9 Å². The molecular formula is C22H34N4O3S. The molecule has 1 atom stereocenters. The van der Waals surface area contributed by atoms with E-state index < -0.39 is 0 Å². The summed E-state index contributed by atoms with van der Waals surface area (Å²) in [6, 6.07) is 7.35. The van der Waals surface area contributed by atoms with E-state index in [1.165, 1.54) is 11.8 Å². The normalized spacial score (nSPS) is 10.5. The topological polar surface area (TPSA) is 85.3 Å². The third-order valence-electron chi connectivity index (χ3n) is 3.47. The molecular weight excluding hydrogens is 400 g/mol. The first-order chi connectivity index (χ1) is 14.5. The van der Waals surface area contributed by atoms with E-state index in [2.05, 4.69) is 15.0 Å². The summed E-state index contributed by atoms with van der Waals surface area (Å²) in [4.78, 5) is 37.9. The number of rotatable bonds is 8. The Morgan fingerprint density at radius 2 is 1.77 bits per heavy atom. The van der Waals surface area contributed by atoms with Gasteiger partial charge in [-0.2, -0.15) is 0 Å². The summed E-state index contributed by atoms with van der Waals surface area (Å²) in [6.45, 7) is 11.9. The van der Waals surface area contributed by atoms with Crippen LogP contribution in [-0.2, 0) is 14.3 Å². The molecule has 0 saturated heterocycles. The minimum absolute atomic E-state index is 0.0158. The van der Waals surface area contributed by atoms with Crippen LogP contribution in [0.5, 0.6) is 0 Å². The molecule has 0 saturated carbocycles. The molecule has 0 aliphatic heterocycles. The van der Waals surface area contributed by atoms with Crippen molar-refractivity contribution in [2.75, 3.05) is 19.3 Å². The molecule has 30 heavy (non-hydrogen) atoms. The zero-order chi connectivity index (χ0) is 22.9. The molecule has 7 nitrogen and oxygen atoms in total. The summed E-state index contributed by atoms with van der Waals surface area (Å²) >= 11 is 1.20. The summed E-state index contributed by atoms with van der Waals surface area (Å²) in [5.41, 5.74) is 1.45. The van der Waals surface area contributed by atoms with Gasteiger partial charge in [0.1, 0.15) is 6.10 Å². The number of pyridine rings is 1. The molecule has 8 heteroatoms. The molecule has 166 valence electrons. The van der Waals surface area contributed by atoms with Crippen LogP contribution < -0.4 is 0 Å². The van der Waals surface area contributed by atoms with E-state index in [4.69, 9.17) is 4.74 Å². The third-order valence-corrected chi connectivity index (χ3v) is 4.31. The summed E-state index contributed by atoms with van der Waals surface area (Å²) in [7, 11) is 1.70. The van der Waals surface area contributed by atoms with Crippen LogP contribution in [-0.4, -0.2) is 57.2 Å². The fourth-order valence-corrected chi connectivity index (χ4v) is 2.86. The zero-order valence-electron chi connectivity index (χ0n) is 19.1. The number of esters is 1. The van der Waals surface area contributed by atoms with Crippen LogP contribution in [0.2, 0.25) is 0 Å². The predicted octanol–water partition coefficient (Wildman–Crippen LogP) is 4.48. The van der Waals surface area contributed by atoms with Crippen LogP contribution in [0, 0.1) is 0 Å². The van der Waals surface area contributed by atoms with Gasteiger partial charge in [0.25, 0.3) is 0 Å². The van der Waals surface area contributed by atoms with Crippen molar-refractivity contribution in [3.63, 3.8) is 0 Å². The van der Waals surface area contributed by atoms with Crippen LogP contribution in [0.1, 0.15) is 48.0 Å². The number of thioether (sulfide) groups is 1. The lowest BCUT2D eigenvalue weighted by Crippen LogP contribution is -2.35. The van der Waals surface area contributed by atoms with Crippen LogP contribution >= 0.6 is 11.8 Å². The van der Waals surface area contributed by atoms with Crippen LogP contribution in [0.25, 0.3) is 11.4 Å². The highest BCUT2D eigenvalue weighted by atomic mass is 32.2. The van der Waals surface area contributed by atoms with Crippen molar-refractivity contribution in [1.82, 2.24) is 19.9 Å². The van der Waals surface area contributed by atoms with Gasteiger partial charge in [0.2, 0.25) is 5.91 Å². The molecule has 2 heterocycles. The number of likely N-dealkylation sites (N-methyl/N-ethyl adjacent to an activating group) is 1. The Balaban J connectivity index is 0.00000198. The standard InChI is InChI=1S/C18H22N4O3S.2C2H6/c1-4-16(23)22(3)11-13(2)25-17(24)12-26-18-20-10-8-15(21-18)14-7-5-6-9-19-14;2*1-2/h5-10,13H,4,11-12H2,1-3H3;2*1-2H3. The number of nitrogens with zero attached hydrogens (tertiary/aromatic N) is 4. The minimum Gasteiger partial charge on any atom is -0.460 e. The molecule has 0 fully saturated rings. The van der Waals surface area contributed by atoms with Crippen molar-refractivity contribution in [1.29, 1.82) is 0 Å². The lowest BCUT2D eigenvalue weighted by Gasteiger charge is -2.21. The predicted molar refractivity (Wildman–Crippen MR) is 122 cm³/mol. The van der Waals surface area contributed by atoms with E-state index in [1.54, 1.807) is 44.3 Å². The molecule has 0 N–H and O–H groups in total. The van der Waals surface area contributed by atoms with Crippen LogP contribution in [0.3, 0.4) is 0 Å². The molecule has 1 amide bonds. The van der Waals surface area contributed by atoms with Crippen LogP contribution in [0.15, 0.2) is 41.8 Å². The largest absolute Gasteiger partial charge is 0.460 e. The van der Waals surface area contributed by atoms with Gasteiger partial charge in [-0.3, -0.25) is 14.6 Å². The maximum atomic E-state index is 12.0. The van der Waals surface area contributed by atoms with Gasteiger partial charge in [-0.05, 0) is 25.1 Å². The van der Waals surface area contributed by atoms with Crippen molar-refractivity contribution >= 4 is 23.6 Å². The Morgan fingerprint density at radius 1 is 1.07 bits per heavy atom. The van der Waals surface area contributed by atoms with Gasteiger partial charge >= 0.3 is 5.97 Å². The number of carbonyl (C=O) groups is 2. The van der Waals surface area contributed by atoms with E-state index >= 15 is 0 Å². The van der Waals surface area contributed by atoms with Crippen molar-refractivity contribution in [2.24, 2.45) is 0 Å². The zero-order valence-corrected chi connectivity index (χ0v) is 19.9. The molecule has 2 rings (SSSR count). The molecule has 2 aromatic heterocycles. The Labute approximate surface area is 184 Å². The first-order valence-corrected chi connectivity index (χ1v) is 11.3. The monoisotopic (exact) mass is 434 g/mol. The highest BCUT2D eigenvalue weighted by Gasteiger charge is 2.15. The van der Waals surface area contributed by atoms with Crippen molar-refractivity contribution < 1.29 is 14.3 Å². The number of ether oxygens (including phenoxy) is 1. The van der Waals surface area contributed by atoms with Gasteiger partial charge < -0.3 is 9.64 Å². The second-order valence-electron chi connectivity index (χ2n) is 5.66. The highest BCUT2D eigenvalue weighted by Crippen LogP contribution is 2.18. The summed E-state index contributed by atoms with van der Waals surface area (Å²) in [6.07, 6.45) is 3.39. The molecule has 2 aromatic rings. The lowest BCUT2D eigenvalue weighted by atomic mass is 10.3. The highest BCUT2D eigenvalue weighted by molar-refractivity contribution is 7.99. The Bertz CT molecular complexity index is 744. The molecule has 0 aliphatic carbocycles. The van der Waals surface area contributed by atoms with E-state index in [9.17, 15) is 9.59 Å². The smallest absolute Gasteiger partial charge is 0.316 e. The number of aromatic nitrogens is 3. The molecule has 0 spiro atoms. The van der Waals surface area contributed by atoms with Gasteiger partial charge in [-0.15, -0.1) is 0 Å². The summed E-state index contributed by atoms with van der Waals surface area (Å²) in [5, 5.41) is 0.482. The molecule has 0 aliphatic rings. The first-order valence-electron chi connectivity index (χ1n) is 10.3. The minimum atomic E-state index is -0.371. The van der Waals surface area contributed by atoms with Gasteiger partial charge in [0, 0.05) is 25.9 Å². The fraction of sp³-hybridized carbons (Fsp3) is 0.500. The number of amides is 1. The fourth-order valence-electron chi connectivity index (χ4n) is 2.24. The van der Waals surface area contributed by atoms with Gasteiger partial charge in [0.15, 0.2) is 5.16 Å². The Morgan fingerprint density at radius 3 is 2.37 bits per heavy atom. The Hall–Kier alpha value is -2.48. The van der Waals surface area contributed by atoms with E-state index in [0.29, 0.717) is 23.8 Å². The van der Waals surface area contributed by atoms with Gasteiger partial charge in [-0.25, -0.2) is 9.97 Å². The maximum Gasteiger partial charge on any atom is 0.316 e. The number of hydrogen-bond acceptors (Lipinski definition) is 7. The molecule has 0 bridgehead atoms. The molecule has 0 radical (unpaired) electrons. The summed E-state index contributed by atoms with van der Waals surface area (Å²) in [5.74, 6) is -0.254. The number of carbonyl (C=O) groups excluding carboxylic acids is 2. The van der Waals surface area contributed by atoms with E-state index in [0.717, 1.165) is 5.69 Å². The van der Waals surface area contributed by atoms with Gasteiger partial charge in [0.05, 0.1) is 23.7 Å². The van der Waals surface area contributed by atoms with Gasteiger partial charge in [-0.1, -0.05) is 52.4 Å². The average molecular weight is 435 g/mol. The third kappa shape index (κ3) is 10.3. The van der Waals surface area contributed by atoms with Crippen molar-refractivity contribution in [2.45, 2.75) is 59.2 Å². The second-order valence-corrected chi connectivity index (χ2v) is 6.60. The first kappa shape index (κ1) is 27.5. The SMILES string of the molecule is CC.CC.CCC(=O)N(C)CC(C)OC(=O)CSc1nccc(-c2ccccn2)n1. The van der Waals surface area contributed by atoms with E-state index in [-0.39, 0.29) is 23.7 Å². The quantitative estimate of drug-likeness (QED) is 0.344. The number of hydrogen-bond donors (Lipinski definition) is 0. The molecule has 0 aromatic carbocycles. The van der Waals surface area contributed by atoms with Crippen LogP contribution in [0.4, 0.5) is 0 Å². The van der Waals surface area contributed by atoms with Crippen molar-refractivity contribution in [3.8, 4) is 11.4 Å². The maximum absolute atomic E-state index is 12.0. The Kier molecular flexibility index (Phi) is 15.0. The molecule has 1 unspecified atom stereocenters. The second kappa shape index (κ2) is 16.3. The lowest BCUT2D eigenvalue weighted by molar-refractivity contribution is -0.147.